The molecule has 0 atom stereocenters. The van der Waals surface area contributed by atoms with Crippen LogP contribution in [0.5, 0.6) is 11.5 Å². The van der Waals surface area contributed by atoms with E-state index in [1.54, 1.807) is 12.1 Å². The molecule has 1 aliphatic heterocycles. The fourth-order valence-corrected chi connectivity index (χ4v) is 3.49. The molecule has 0 bridgehead atoms. The lowest BCUT2D eigenvalue weighted by Crippen LogP contribution is -2.45. The van der Waals surface area contributed by atoms with Gasteiger partial charge in [-0.2, -0.15) is 0 Å². The average Bonchev–Trinajstić information content (AvgIpc) is 2.79. The molecule has 1 fully saturated rings. The van der Waals surface area contributed by atoms with Crippen molar-refractivity contribution in [1.29, 1.82) is 0 Å². The fraction of sp³-hybridized carbons (Fsp3) is 0.333. The van der Waals surface area contributed by atoms with Crippen molar-refractivity contribution in [3.8, 4) is 11.5 Å². The van der Waals surface area contributed by atoms with Crippen molar-refractivity contribution < 1.29 is 24.2 Å². The normalized spacial score (nSPS) is 15.0. The van der Waals surface area contributed by atoms with Gasteiger partial charge in [0.25, 0.3) is 5.91 Å². The molecule has 2 aromatic rings. The number of rotatable bonds is 8. The number of methoxy groups -OCH3 is 1. The summed E-state index contributed by atoms with van der Waals surface area (Å²) >= 11 is 0. The molecule has 7 nitrogen and oxygen atoms in total. The first kappa shape index (κ1) is 22.4. The van der Waals surface area contributed by atoms with Gasteiger partial charge >= 0.3 is 5.97 Å². The maximum Gasteiger partial charge on any atom is 0.331 e. The quantitative estimate of drug-likeness (QED) is 0.501. The highest BCUT2D eigenvalue weighted by Crippen LogP contribution is 2.26. The highest BCUT2D eigenvalue weighted by Gasteiger charge is 2.21. The van der Waals surface area contributed by atoms with Gasteiger partial charge in [-0.25, -0.2) is 4.79 Å². The number of phenolic OH excluding ortho intramolecular Hbond substituents is 1. The van der Waals surface area contributed by atoms with Crippen LogP contribution in [0.1, 0.15) is 24.0 Å². The van der Waals surface area contributed by atoms with E-state index in [4.69, 9.17) is 9.47 Å². The van der Waals surface area contributed by atoms with Crippen LogP contribution in [0.4, 0.5) is 0 Å². The van der Waals surface area contributed by atoms with Gasteiger partial charge in [-0.1, -0.05) is 36.4 Å². The molecule has 0 unspecified atom stereocenters. The number of hydrogen-bond donors (Lipinski definition) is 2. The first-order valence-electron chi connectivity index (χ1n) is 10.3. The molecule has 7 heteroatoms. The number of likely N-dealkylation sites (tertiary alicyclic amines) is 1. The van der Waals surface area contributed by atoms with Crippen LogP contribution in [0, 0.1) is 0 Å². The summed E-state index contributed by atoms with van der Waals surface area (Å²) in [5, 5.41) is 12.5. The second-order valence-electron chi connectivity index (χ2n) is 7.48. The van der Waals surface area contributed by atoms with E-state index in [-0.39, 0.29) is 24.3 Å². The van der Waals surface area contributed by atoms with Crippen molar-refractivity contribution in [2.45, 2.75) is 25.4 Å². The number of carbonyl (C=O) groups is 2. The molecule has 2 N–H and O–H groups in total. The van der Waals surface area contributed by atoms with Crippen LogP contribution in [0.3, 0.4) is 0 Å². The smallest absolute Gasteiger partial charge is 0.331 e. The highest BCUT2D eigenvalue weighted by atomic mass is 16.5. The standard InChI is InChI=1S/C24H28N2O5/c1-30-22-15-18(7-9-21(22)27)8-10-24(29)31-17-23(28)25-20-11-13-26(14-12-20)16-19-5-3-2-4-6-19/h2-10,15,20,27H,11-14,16-17H2,1H3,(H,25,28)/b10-8+. The zero-order valence-corrected chi connectivity index (χ0v) is 17.6. The molecule has 31 heavy (non-hydrogen) atoms. The third kappa shape index (κ3) is 7.15. The first-order chi connectivity index (χ1) is 15.0. The Morgan fingerprint density at radius 1 is 1.16 bits per heavy atom. The Balaban J connectivity index is 1.36. The van der Waals surface area contributed by atoms with Crippen LogP contribution in [-0.2, 0) is 20.9 Å². The molecule has 3 rings (SSSR count). The summed E-state index contributed by atoms with van der Waals surface area (Å²) in [6.45, 7) is 2.43. The molecule has 0 aromatic heterocycles. The lowest BCUT2D eigenvalue weighted by molar-refractivity contribution is -0.144. The molecule has 0 spiro atoms. The molecule has 1 heterocycles. The molecular formula is C24H28N2O5. The van der Waals surface area contributed by atoms with Crippen LogP contribution in [0.25, 0.3) is 6.08 Å². The fourth-order valence-electron chi connectivity index (χ4n) is 3.49. The molecule has 0 aliphatic carbocycles. The summed E-state index contributed by atoms with van der Waals surface area (Å²) in [4.78, 5) is 26.4. The Hall–Kier alpha value is -3.32. The van der Waals surface area contributed by atoms with Gasteiger partial charge in [0.2, 0.25) is 0 Å². The molecule has 0 saturated carbocycles. The number of ether oxygens (including phenoxy) is 2. The van der Waals surface area contributed by atoms with Gasteiger partial charge in [0, 0.05) is 31.8 Å². The van der Waals surface area contributed by atoms with Gasteiger partial charge in [0.15, 0.2) is 18.1 Å². The minimum absolute atomic E-state index is 0.0183. The number of carbonyl (C=O) groups excluding carboxylic acids is 2. The Bertz CT molecular complexity index is 905. The number of benzene rings is 2. The number of nitrogens with zero attached hydrogens (tertiary/aromatic N) is 1. The number of phenols is 1. The number of aromatic hydroxyl groups is 1. The largest absolute Gasteiger partial charge is 0.504 e. The lowest BCUT2D eigenvalue weighted by Gasteiger charge is -2.32. The predicted molar refractivity (Wildman–Crippen MR) is 118 cm³/mol. The van der Waals surface area contributed by atoms with Crippen LogP contribution < -0.4 is 10.1 Å². The number of esters is 1. The second kappa shape index (κ2) is 11.2. The van der Waals surface area contributed by atoms with Crippen molar-refractivity contribution >= 4 is 18.0 Å². The lowest BCUT2D eigenvalue weighted by atomic mass is 10.0. The van der Waals surface area contributed by atoms with Crippen LogP contribution in [0.2, 0.25) is 0 Å². The first-order valence-corrected chi connectivity index (χ1v) is 10.3. The molecule has 2 aromatic carbocycles. The average molecular weight is 424 g/mol. The van der Waals surface area contributed by atoms with E-state index < -0.39 is 5.97 Å². The summed E-state index contributed by atoms with van der Waals surface area (Å²) in [6.07, 6.45) is 4.51. The van der Waals surface area contributed by atoms with E-state index in [1.165, 1.54) is 30.9 Å². The Labute approximate surface area is 182 Å². The zero-order valence-electron chi connectivity index (χ0n) is 17.6. The van der Waals surface area contributed by atoms with Gasteiger partial charge < -0.3 is 19.9 Å². The summed E-state index contributed by atoms with van der Waals surface area (Å²) in [5.41, 5.74) is 1.95. The highest BCUT2D eigenvalue weighted by molar-refractivity contribution is 5.89. The summed E-state index contributed by atoms with van der Waals surface area (Å²) in [6, 6.07) is 15.1. The number of amides is 1. The van der Waals surface area contributed by atoms with Crippen molar-refractivity contribution in [2.75, 3.05) is 26.8 Å². The predicted octanol–water partition coefficient (Wildman–Crippen LogP) is 2.74. The van der Waals surface area contributed by atoms with Gasteiger partial charge in [0.05, 0.1) is 7.11 Å². The van der Waals surface area contributed by atoms with E-state index in [9.17, 15) is 14.7 Å². The van der Waals surface area contributed by atoms with E-state index in [0.717, 1.165) is 32.5 Å². The van der Waals surface area contributed by atoms with E-state index >= 15 is 0 Å². The van der Waals surface area contributed by atoms with Gasteiger partial charge in [-0.3, -0.25) is 9.69 Å². The minimum Gasteiger partial charge on any atom is -0.504 e. The summed E-state index contributed by atoms with van der Waals surface area (Å²) in [5.74, 6) is -0.580. The Morgan fingerprint density at radius 3 is 2.61 bits per heavy atom. The molecular weight excluding hydrogens is 396 g/mol. The van der Waals surface area contributed by atoms with Gasteiger partial charge in [-0.05, 0) is 42.2 Å². The van der Waals surface area contributed by atoms with E-state index in [0.29, 0.717) is 11.3 Å². The van der Waals surface area contributed by atoms with E-state index in [2.05, 4.69) is 22.3 Å². The topological polar surface area (TPSA) is 88.1 Å². The number of piperidine rings is 1. The Morgan fingerprint density at radius 2 is 1.90 bits per heavy atom. The molecule has 1 aliphatic rings. The molecule has 0 radical (unpaired) electrons. The van der Waals surface area contributed by atoms with Crippen molar-refractivity contribution in [3.63, 3.8) is 0 Å². The third-order valence-corrected chi connectivity index (χ3v) is 5.16. The number of nitrogens with one attached hydrogen (secondary N) is 1. The summed E-state index contributed by atoms with van der Waals surface area (Å²) < 4.78 is 10.0. The maximum absolute atomic E-state index is 12.1. The maximum atomic E-state index is 12.1. The SMILES string of the molecule is COc1cc(/C=C/C(=O)OCC(=O)NC2CCN(Cc3ccccc3)CC2)ccc1O. The van der Waals surface area contributed by atoms with Gasteiger partial charge in [0.1, 0.15) is 0 Å². The minimum atomic E-state index is -0.611. The van der Waals surface area contributed by atoms with Crippen LogP contribution in [-0.4, -0.2) is 54.7 Å². The number of hydrogen-bond acceptors (Lipinski definition) is 6. The van der Waals surface area contributed by atoms with Crippen molar-refractivity contribution in [1.82, 2.24) is 10.2 Å². The third-order valence-electron chi connectivity index (χ3n) is 5.16. The van der Waals surface area contributed by atoms with E-state index in [1.807, 2.05) is 18.2 Å². The monoisotopic (exact) mass is 424 g/mol. The summed E-state index contributed by atoms with van der Waals surface area (Å²) in [7, 11) is 1.45. The molecule has 1 saturated heterocycles. The van der Waals surface area contributed by atoms with Crippen molar-refractivity contribution in [2.24, 2.45) is 0 Å². The van der Waals surface area contributed by atoms with Crippen LogP contribution >= 0.6 is 0 Å². The second-order valence-corrected chi connectivity index (χ2v) is 7.48. The zero-order chi connectivity index (χ0) is 22.1. The molecule has 1 amide bonds. The van der Waals surface area contributed by atoms with Gasteiger partial charge in [-0.15, -0.1) is 0 Å². The Kier molecular flexibility index (Phi) is 8.06. The van der Waals surface area contributed by atoms with Crippen molar-refractivity contribution in [3.05, 3.63) is 65.7 Å². The molecule has 164 valence electrons. The van der Waals surface area contributed by atoms with Crippen LogP contribution in [0.15, 0.2) is 54.6 Å².